The van der Waals surface area contributed by atoms with Crippen molar-refractivity contribution in [2.75, 3.05) is 25.1 Å². The van der Waals surface area contributed by atoms with Gasteiger partial charge in [-0.25, -0.2) is 9.97 Å². The zero-order valence-electron chi connectivity index (χ0n) is 18.3. The Labute approximate surface area is 191 Å². The van der Waals surface area contributed by atoms with Gasteiger partial charge in [0.25, 0.3) is 0 Å². The van der Waals surface area contributed by atoms with Crippen molar-refractivity contribution < 1.29 is 14.0 Å². The fraction of sp³-hybridized carbons (Fsp3) is 0.292. The summed E-state index contributed by atoms with van der Waals surface area (Å²) < 4.78 is 17.0. The highest BCUT2D eigenvalue weighted by Crippen LogP contribution is 2.31. The summed E-state index contributed by atoms with van der Waals surface area (Å²) in [5, 5.41) is 8.26. The molecule has 0 bridgehead atoms. The summed E-state index contributed by atoms with van der Waals surface area (Å²) in [4.78, 5) is 9.07. The molecule has 2 aromatic heterocycles. The number of hydrogen-bond donors (Lipinski definition) is 1. The smallest absolute Gasteiger partial charge is 0.228 e. The van der Waals surface area contributed by atoms with Crippen molar-refractivity contribution in [2.24, 2.45) is 0 Å². The molecule has 32 heavy (non-hydrogen) atoms. The minimum atomic E-state index is 0.530. The molecule has 0 aliphatic heterocycles. The predicted molar refractivity (Wildman–Crippen MR) is 126 cm³/mol. The van der Waals surface area contributed by atoms with Crippen molar-refractivity contribution in [3.8, 4) is 22.8 Å². The Morgan fingerprint density at radius 2 is 1.72 bits per heavy atom. The average molecular weight is 453 g/mol. The molecule has 0 atom stereocenters. The highest BCUT2D eigenvalue weighted by molar-refractivity contribution is 6.30. The number of fused-ring (bicyclic) bond motifs is 1. The molecule has 1 N–H and O–H groups in total. The molecule has 4 aromatic rings. The molecule has 0 unspecified atom stereocenters. The fourth-order valence-corrected chi connectivity index (χ4v) is 3.56. The topological polar surface area (TPSA) is 82.3 Å². The molecule has 0 spiro atoms. The Morgan fingerprint density at radius 1 is 0.969 bits per heavy atom. The molecule has 2 aromatic carbocycles. The molecule has 8 heteroatoms. The lowest BCUT2D eigenvalue weighted by Gasteiger charge is -2.13. The van der Waals surface area contributed by atoms with E-state index in [1.54, 1.807) is 0 Å². The number of hydrogen-bond acceptors (Lipinski definition) is 7. The second-order valence-corrected chi connectivity index (χ2v) is 7.60. The minimum absolute atomic E-state index is 0.530. The van der Waals surface area contributed by atoms with Crippen molar-refractivity contribution in [2.45, 2.75) is 27.2 Å². The molecule has 7 nitrogen and oxygen atoms in total. The van der Waals surface area contributed by atoms with Gasteiger partial charge in [-0.15, -0.1) is 0 Å². The number of aryl methyl sites for hydroxylation is 1. The van der Waals surface area contributed by atoms with E-state index in [2.05, 4.69) is 20.4 Å². The third-order valence-electron chi connectivity index (χ3n) is 4.86. The Kier molecular flexibility index (Phi) is 6.75. The SMILES string of the molecule is CCOc1ccc(CCNc2nc(C)nc3c(-c4ccc(Cl)cc4)noc23)cc1OCC. The molecule has 0 aliphatic rings. The molecule has 0 aliphatic carbocycles. The van der Waals surface area contributed by atoms with E-state index in [1.165, 1.54) is 0 Å². The van der Waals surface area contributed by atoms with Gasteiger partial charge in [-0.3, -0.25) is 0 Å². The van der Waals surface area contributed by atoms with E-state index in [4.69, 9.17) is 25.6 Å². The number of rotatable bonds is 9. The first-order valence-electron chi connectivity index (χ1n) is 10.6. The van der Waals surface area contributed by atoms with Crippen LogP contribution in [0.1, 0.15) is 25.2 Å². The van der Waals surface area contributed by atoms with Crippen molar-refractivity contribution in [1.29, 1.82) is 0 Å². The molecular formula is C24H25ClN4O3. The summed E-state index contributed by atoms with van der Waals surface area (Å²) in [5.74, 6) is 2.78. The third-order valence-corrected chi connectivity index (χ3v) is 5.11. The maximum Gasteiger partial charge on any atom is 0.228 e. The monoisotopic (exact) mass is 452 g/mol. The van der Waals surface area contributed by atoms with E-state index < -0.39 is 0 Å². The van der Waals surface area contributed by atoms with Crippen LogP contribution in [0.4, 0.5) is 5.82 Å². The van der Waals surface area contributed by atoms with Gasteiger partial charge < -0.3 is 19.3 Å². The van der Waals surface area contributed by atoms with Crippen LogP contribution in [-0.4, -0.2) is 34.9 Å². The van der Waals surface area contributed by atoms with Gasteiger partial charge in [0.2, 0.25) is 5.58 Å². The van der Waals surface area contributed by atoms with E-state index >= 15 is 0 Å². The quantitative estimate of drug-likeness (QED) is 0.349. The normalized spacial score (nSPS) is 11.0. The first-order valence-corrected chi connectivity index (χ1v) is 11.0. The number of halogens is 1. The van der Waals surface area contributed by atoms with Crippen LogP contribution in [-0.2, 0) is 6.42 Å². The zero-order chi connectivity index (χ0) is 22.5. The van der Waals surface area contributed by atoms with Gasteiger partial charge in [-0.05, 0) is 57.0 Å². The molecule has 166 valence electrons. The Balaban J connectivity index is 1.53. The third kappa shape index (κ3) is 4.78. The second-order valence-electron chi connectivity index (χ2n) is 7.16. The maximum atomic E-state index is 6.01. The summed E-state index contributed by atoms with van der Waals surface area (Å²) in [5.41, 5.74) is 3.88. The van der Waals surface area contributed by atoms with E-state index in [-0.39, 0.29) is 0 Å². The lowest BCUT2D eigenvalue weighted by Crippen LogP contribution is -2.08. The molecule has 0 amide bonds. The molecule has 0 fully saturated rings. The van der Waals surface area contributed by atoms with Crippen LogP contribution in [0.3, 0.4) is 0 Å². The summed E-state index contributed by atoms with van der Waals surface area (Å²) >= 11 is 6.01. The highest BCUT2D eigenvalue weighted by Gasteiger charge is 2.17. The van der Waals surface area contributed by atoms with Crippen molar-refractivity contribution in [3.63, 3.8) is 0 Å². The molecular weight excluding hydrogens is 428 g/mol. The number of ether oxygens (including phenoxy) is 2. The lowest BCUT2D eigenvalue weighted by atomic mass is 10.1. The highest BCUT2D eigenvalue weighted by atomic mass is 35.5. The first-order chi connectivity index (χ1) is 15.6. The van der Waals surface area contributed by atoms with Crippen LogP contribution in [0.2, 0.25) is 5.02 Å². The maximum absolute atomic E-state index is 6.01. The summed E-state index contributed by atoms with van der Waals surface area (Å²) in [6.07, 6.45) is 0.773. The van der Waals surface area contributed by atoms with E-state index in [0.717, 1.165) is 29.0 Å². The van der Waals surface area contributed by atoms with Crippen LogP contribution >= 0.6 is 11.6 Å². The fourth-order valence-electron chi connectivity index (χ4n) is 3.44. The largest absolute Gasteiger partial charge is 0.490 e. The average Bonchev–Trinajstić information content (AvgIpc) is 3.20. The molecule has 0 radical (unpaired) electrons. The van der Waals surface area contributed by atoms with Crippen molar-refractivity contribution in [1.82, 2.24) is 15.1 Å². The standard InChI is InChI=1S/C24H25ClN4O3/c1-4-30-19-11-6-16(14-20(19)31-5-2)12-13-26-24-23-22(27-15(3)28-24)21(29-32-23)17-7-9-18(25)10-8-17/h6-11,14H,4-5,12-13H2,1-3H3,(H,26,27,28). The summed E-state index contributed by atoms with van der Waals surface area (Å²) in [6.45, 7) is 7.61. The number of benzene rings is 2. The zero-order valence-corrected chi connectivity index (χ0v) is 19.1. The predicted octanol–water partition coefficient (Wildman–Crippen LogP) is 5.70. The van der Waals surface area contributed by atoms with Crippen molar-refractivity contribution >= 4 is 28.5 Å². The van der Waals surface area contributed by atoms with Crippen LogP contribution in [0.15, 0.2) is 47.0 Å². The minimum Gasteiger partial charge on any atom is -0.490 e. The van der Waals surface area contributed by atoms with Crippen LogP contribution < -0.4 is 14.8 Å². The number of nitrogens with one attached hydrogen (secondary N) is 1. The Hall–Kier alpha value is -3.32. The Bertz CT molecular complexity index is 1210. The van der Waals surface area contributed by atoms with Gasteiger partial charge in [0.05, 0.1) is 13.2 Å². The molecule has 4 rings (SSSR count). The van der Waals surface area contributed by atoms with Gasteiger partial charge >= 0.3 is 0 Å². The van der Waals surface area contributed by atoms with E-state index in [1.807, 2.05) is 63.2 Å². The number of nitrogens with zero attached hydrogens (tertiary/aromatic N) is 3. The Morgan fingerprint density at radius 3 is 2.47 bits per heavy atom. The first kappa shape index (κ1) is 21.9. The number of anilines is 1. The van der Waals surface area contributed by atoms with Gasteiger partial charge in [0.1, 0.15) is 17.0 Å². The number of aromatic nitrogens is 3. The summed E-state index contributed by atoms with van der Waals surface area (Å²) in [7, 11) is 0. The van der Waals surface area contributed by atoms with Crippen molar-refractivity contribution in [3.05, 3.63) is 58.9 Å². The van der Waals surface area contributed by atoms with Gasteiger partial charge in [-0.1, -0.05) is 35.0 Å². The lowest BCUT2D eigenvalue weighted by molar-refractivity contribution is 0.287. The van der Waals surface area contributed by atoms with Crippen LogP contribution in [0.5, 0.6) is 11.5 Å². The molecule has 0 saturated heterocycles. The van der Waals surface area contributed by atoms with Crippen LogP contribution in [0, 0.1) is 6.92 Å². The second kappa shape index (κ2) is 9.87. The summed E-state index contributed by atoms with van der Waals surface area (Å²) in [6, 6.07) is 13.4. The molecule has 0 saturated carbocycles. The van der Waals surface area contributed by atoms with Gasteiger partial charge in [-0.2, -0.15) is 0 Å². The molecule has 2 heterocycles. The van der Waals surface area contributed by atoms with E-state index in [9.17, 15) is 0 Å². The van der Waals surface area contributed by atoms with E-state index in [0.29, 0.717) is 53.2 Å². The van der Waals surface area contributed by atoms with Crippen LogP contribution in [0.25, 0.3) is 22.4 Å². The van der Waals surface area contributed by atoms with Gasteiger partial charge in [0, 0.05) is 17.1 Å². The van der Waals surface area contributed by atoms with Gasteiger partial charge in [0.15, 0.2) is 17.3 Å².